The Bertz CT molecular complexity index is 473. The molecule has 0 heterocycles. The maximum absolute atomic E-state index is 11.9. The van der Waals surface area contributed by atoms with Crippen molar-refractivity contribution in [1.29, 1.82) is 0 Å². The van der Waals surface area contributed by atoms with Crippen LogP contribution >= 0.6 is 15.9 Å². The van der Waals surface area contributed by atoms with E-state index in [2.05, 4.69) is 21.2 Å². The maximum atomic E-state index is 11.9. The number of halogens is 1. The molecule has 0 saturated carbocycles. The monoisotopic (exact) mass is 328 g/mol. The molecule has 1 aromatic carbocycles. The topological polar surface area (TPSA) is 92.4 Å². The third-order valence-corrected chi connectivity index (χ3v) is 3.55. The van der Waals surface area contributed by atoms with E-state index in [9.17, 15) is 9.59 Å². The van der Waals surface area contributed by atoms with Gasteiger partial charge in [-0.2, -0.15) is 0 Å². The number of carbonyl (C=O) groups excluding carboxylic acids is 1. The van der Waals surface area contributed by atoms with Crippen molar-refractivity contribution in [2.75, 3.05) is 11.9 Å². The average Bonchev–Trinajstić information content (AvgIpc) is 2.38. The molecule has 5 nitrogen and oxygen atoms in total. The van der Waals surface area contributed by atoms with Crippen LogP contribution in [-0.4, -0.2) is 23.5 Å². The number of anilines is 1. The SMILES string of the molecule is CCC(CN)CC(=O)Nc1c(Br)cccc1C(=O)O. The van der Waals surface area contributed by atoms with Crippen LogP contribution in [0.5, 0.6) is 0 Å². The predicted molar refractivity (Wildman–Crippen MR) is 77.2 cm³/mol. The van der Waals surface area contributed by atoms with Gasteiger partial charge >= 0.3 is 5.97 Å². The van der Waals surface area contributed by atoms with Gasteiger partial charge in [-0.25, -0.2) is 4.79 Å². The van der Waals surface area contributed by atoms with Gasteiger partial charge in [0.05, 0.1) is 11.3 Å². The number of para-hydroxylation sites is 1. The summed E-state index contributed by atoms with van der Waals surface area (Å²) in [5.74, 6) is -1.20. The summed E-state index contributed by atoms with van der Waals surface area (Å²) in [4.78, 5) is 23.0. The van der Waals surface area contributed by atoms with Crippen LogP contribution in [0.3, 0.4) is 0 Å². The fourth-order valence-corrected chi connectivity index (χ4v) is 2.14. The first-order chi connectivity index (χ1) is 8.99. The van der Waals surface area contributed by atoms with E-state index >= 15 is 0 Å². The molecule has 1 rings (SSSR count). The number of nitrogens with one attached hydrogen (secondary N) is 1. The highest BCUT2D eigenvalue weighted by molar-refractivity contribution is 9.10. The van der Waals surface area contributed by atoms with Crippen molar-refractivity contribution in [3.05, 3.63) is 28.2 Å². The minimum Gasteiger partial charge on any atom is -0.478 e. The summed E-state index contributed by atoms with van der Waals surface area (Å²) in [6, 6.07) is 4.74. The van der Waals surface area contributed by atoms with Crippen molar-refractivity contribution in [3.63, 3.8) is 0 Å². The van der Waals surface area contributed by atoms with Crippen molar-refractivity contribution in [3.8, 4) is 0 Å². The molecule has 0 aliphatic heterocycles. The van der Waals surface area contributed by atoms with Crippen LogP contribution in [0.4, 0.5) is 5.69 Å². The molecule has 0 saturated heterocycles. The van der Waals surface area contributed by atoms with Crippen molar-refractivity contribution in [2.24, 2.45) is 11.7 Å². The van der Waals surface area contributed by atoms with Crippen molar-refractivity contribution in [2.45, 2.75) is 19.8 Å². The number of benzene rings is 1. The summed E-state index contributed by atoms with van der Waals surface area (Å²) >= 11 is 3.24. The molecular weight excluding hydrogens is 312 g/mol. The predicted octanol–water partition coefficient (Wildman–Crippen LogP) is 2.46. The molecule has 0 bridgehead atoms. The summed E-state index contributed by atoms with van der Waals surface area (Å²) in [5.41, 5.74) is 5.89. The molecule has 0 fully saturated rings. The standard InChI is InChI=1S/C13H17BrN2O3/c1-2-8(7-15)6-11(17)16-12-9(13(18)19)4-3-5-10(12)14/h3-5,8H,2,6-7,15H2,1H3,(H,16,17)(H,18,19). The Hall–Kier alpha value is -1.40. The summed E-state index contributed by atoms with van der Waals surface area (Å²) < 4.78 is 0.543. The largest absolute Gasteiger partial charge is 0.478 e. The lowest BCUT2D eigenvalue weighted by Crippen LogP contribution is -2.22. The minimum atomic E-state index is -1.08. The molecule has 1 unspecified atom stereocenters. The van der Waals surface area contributed by atoms with E-state index in [0.29, 0.717) is 11.0 Å². The molecule has 4 N–H and O–H groups in total. The first kappa shape index (κ1) is 15.7. The molecule has 0 aliphatic carbocycles. The Kier molecular flexibility index (Phi) is 5.98. The first-order valence-electron chi connectivity index (χ1n) is 6.01. The number of nitrogens with two attached hydrogens (primary N) is 1. The number of aromatic carboxylic acids is 1. The Balaban J connectivity index is 2.87. The molecule has 104 valence electrons. The highest BCUT2D eigenvalue weighted by atomic mass is 79.9. The van der Waals surface area contributed by atoms with Gasteiger partial charge in [0.2, 0.25) is 5.91 Å². The Labute approximate surface area is 120 Å². The highest BCUT2D eigenvalue weighted by Gasteiger charge is 2.17. The summed E-state index contributed by atoms with van der Waals surface area (Å²) in [7, 11) is 0. The number of hydrogen-bond donors (Lipinski definition) is 3. The van der Waals surface area contributed by atoms with Gasteiger partial charge in [-0.3, -0.25) is 4.79 Å². The van der Waals surface area contributed by atoms with Crippen LogP contribution in [0.1, 0.15) is 30.1 Å². The fourth-order valence-electron chi connectivity index (χ4n) is 1.68. The number of carbonyl (C=O) groups is 2. The van der Waals surface area contributed by atoms with Crippen LogP contribution < -0.4 is 11.1 Å². The minimum absolute atomic E-state index is 0.0588. The molecule has 1 atom stereocenters. The fraction of sp³-hybridized carbons (Fsp3) is 0.385. The summed E-state index contributed by atoms with van der Waals surface area (Å²) in [5, 5.41) is 11.7. The van der Waals surface area contributed by atoms with E-state index in [0.717, 1.165) is 6.42 Å². The Morgan fingerprint density at radius 3 is 2.68 bits per heavy atom. The molecule has 0 spiro atoms. The Morgan fingerprint density at radius 2 is 2.16 bits per heavy atom. The van der Waals surface area contributed by atoms with Crippen molar-refractivity contribution < 1.29 is 14.7 Å². The lowest BCUT2D eigenvalue weighted by molar-refractivity contribution is -0.117. The number of carboxylic acid groups (broad SMARTS) is 1. The number of amides is 1. The molecule has 6 heteroatoms. The van der Waals surface area contributed by atoms with Gasteiger partial charge in [0.25, 0.3) is 0 Å². The third kappa shape index (κ3) is 4.33. The molecule has 0 radical (unpaired) electrons. The molecule has 1 aromatic rings. The average molecular weight is 329 g/mol. The third-order valence-electron chi connectivity index (χ3n) is 2.89. The van der Waals surface area contributed by atoms with E-state index in [-0.39, 0.29) is 29.5 Å². The van der Waals surface area contributed by atoms with Crippen molar-refractivity contribution >= 4 is 33.5 Å². The lowest BCUT2D eigenvalue weighted by atomic mass is 10.0. The lowest BCUT2D eigenvalue weighted by Gasteiger charge is -2.14. The second kappa shape index (κ2) is 7.25. The van der Waals surface area contributed by atoms with E-state index in [4.69, 9.17) is 10.8 Å². The van der Waals surface area contributed by atoms with Gasteiger partial charge in [0.15, 0.2) is 0 Å². The number of carboxylic acids is 1. The van der Waals surface area contributed by atoms with E-state index < -0.39 is 5.97 Å². The van der Waals surface area contributed by atoms with E-state index in [1.54, 1.807) is 12.1 Å². The van der Waals surface area contributed by atoms with Crippen LogP contribution in [0.25, 0.3) is 0 Å². The van der Waals surface area contributed by atoms with Crippen LogP contribution in [-0.2, 0) is 4.79 Å². The Morgan fingerprint density at radius 1 is 1.47 bits per heavy atom. The molecule has 0 aromatic heterocycles. The summed E-state index contributed by atoms with van der Waals surface area (Å²) in [6.07, 6.45) is 1.10. The molecular formula is C13H17BrN2O3. The first-order valence-corrected chi connectivity index (χ1v) is 6.80. The zero-order valence-corrected chi connectivity index (χ0v) is 12.2. The molecule has 1 amide bonds. The van der Waals surface area contributed by atoms with Crippen molar-refractivity contribution in [1.82, 2.24) is 0 Å². The van der Waals surface area contributed by atoms with E-state index in [1.165, 1.54) is 6.07 Å². The van der Waals surface area contributed by atoms with E-state index in [1.807, 2.05) is 6.92 Å². The van der Waals surface area contributed by atoms with Gasteiger partial charge in [-0.1, -0.05) is 19.4 Å². The van der Waals surface area contributed by atoms with Gasteiger partial charge in [-0.05, 0) is 40.5 Å². The second-order valence-electron chi connectivity index (χ2n) is 4.23. The molecule has 0 aliphatic rings. The highest BCUT2D eigenvalue weighted by Crippen LogP contribution is 2.27. The number of rotatable bonds is 6. The van der Waals surface area contributed by atoms with Gasteiger partial charge < -0.3 is 16.2 Å². The van der Waals surface area contributed by atoms with Gasteiger partial charge in [-0.15, -0.1) is 0 Å². The van der Waals surface area contributed by atoms with Crippen LogP contribution in [0.2, 0.25) is 0 Å². The van der Waals surface area contributed by atoms with Gasteiger partial charge in [0, 0.05) is 10.9 Å². The zero-order chi connectivity index (χ0) is 14.4. The van der Waals surface area contributed by atoms with Crippen LogP contribution in [0, 0.1) is 5.92 Å². The maximum Gasteiger partial charge on any atom is 0.337 e. The van der Waals surface area contributed by atoms with Gasteiger partial charge in [0.1, 0.15) is 0 Å². The quantitative estimate of drug-likeness (QED) is 0.747. The number of hydrogen-bond acceptors (Lipinski definition) is 3. The molecule has 19 heavy (non-hydrogen) atoms. The normalized spacial score (nSPS) is 11.9. The smallest absolute Gasteiger partial charge is 0.337 e. The second-order valence-corrected chi connectivity index (χ2v) is 5.08. The van der Waals surface area contributed by atoms with Crippen LogP contribution in [0.15, 0.2) is 22.7 Å². The zero-order valence-electron chi connectivity index (χ0n) is 10.6. The summed E-state index contributed by atoms with van der Waals surface area (Å²) in [6.45, 7) is 2.40.